The zero-order chi connectivity index (χ0) is 60.6. The molecule has 2 aliphatic carbocycles. The van der Waals surface area contributed by atoms with E-state index in [-0.39, 0.29) is 0 Å². The number of allylic oxidation sites excluding steroid dienone is 5. The Labute approximate surface area is 536 Å². The van der Waals surface area contributed by atoms with Crippen LogP contribution in [0.1, 0.15) is 33.4 Å². The summed E-state index contributed by atoms with van der Waals surface area (Å²) in [6.45, 7) is 0. The third-order valence-electron chi connectivity index (χ3n) is 19.3. The SMILES string of the molecule is c1ccc(C2=C3C(=C(c4ccc(-c5ccc6ccccc6c5)c(-c5ccccc5)c4)c4cc(-c5ccccc5)c(-c5ccccc5)cc43)C(c3ccc(-c4ccc5cc6ccccc6cc5c4)cc3)=C2c2ccc(-c3ccc4cc5ccccc5cc4c3)cc2)cc1. The Bertz CT molecular complexity index is 5730. The summed E-state index contributed by atoms with van der Waals surface area (Å²) in [5.41, 5.74) is 28.7. The van der Waals surface area contributed by atoms with Crippen LogP contribution in [-0.2, 0) is 0 Å². The zero-order valence-corrected chi connectivity index (χ0v) is 50.5. The molecule has 0 heterocycles. The Hall–Kier alpha value is -12.0. The predicted octanol–water partition coefficient (Wildman–Crippen LogP) is 24.8. The van der Waals surface area contributed by atoms with E-state index in [4.69, 9.17) is 0 Å². The van der Waals surface area contributed by atoms with Crippen molar-refractivity contribution < 1.29 is 0 Å². The molecule has 0 nitrogen and oxygen atoms in total. The number of fused-ring (bicyclic) bond motifs is 8. The zero-order valence-electron chi connectivity index (χ0n) is 50.5. The molecule has 0 aliphatic heterocycles. The molecule has 0 saturated carbocycles. The van der Waals surface area contributed by atoms with Gasteiger partial charge in [-0.25, -0.2) is 0 Å². The summed E-state index contributed by atoms with van der Waals surface area (Å²) in [6.07, 6.45) is 0. The third kappa shape index (κ3) is 9.15. The Kier molecular flexibility index (Phi) is 12.7. The molecule has 0 atom stereocenters. The van der Waals surface area contributed by atoms with Crippen molar-refractivity contribution in [1.29, 1.82) is 0 Å². The van der Waals surface area contributed by atoms with Crippen molar-refractivity contribution in [3.8, 4) is 66.8 Å². The summed E-state index contributed by atoms with van der Waals surface area (Å²) in [5, 5.41) is 12.4. The van der Waals surface area contributed by atoms with Crippen LogP contribution in [0.2, 0.25) is 0 Å². The standard InChI is InChI=1S/C92H58/c1-5-20-62(21-6-1)82-56-78(47-48-81(82)77-46-37-59-19-13-14-28-68(59)51-77)87-85-57-83(63-22-7-2-8-23-63)84(64-24-9-3-10-25-64)58-86(85)91-89(65-26-11-4-12-27-65)88(66-38-33-60(34-39-66)73-42-44-75-49-69-29-15-17-31-71(69)52-79(75)54-73)90(92(87)91)67-40-35-61(36-41-67)74-43-45-76-50-70-30-16-18-32-72(70)53-80(76)55-74/h1-58H. The lowest BCUT2D eigenvalue weighted by Gasteiger charge is -2.20. The predicted molar refractivity (Wildman–Crippen MR) is 392 cm³/mol. The molecule has 16 aromatic rings. The van der Waals surface area contributed by atoms with Crippen LogP contribution < -0.4 is 0 Å². The maximum Gasteiger partial charge on any atom is -0.000137 e. The number of hydrogen-bond donors (Lipinski definition) is 0. The average Bonchev–Trinajstić information content (AvgIpc) is 1.53. The van der Waals surface area contributed by atoms with Gasteiger partial charge in [0.1, 0.15) is 0 Å². The molecule has 0 N–H and O–H groups in total. The lowest BCUT2D eigenvalue weighted by molar-refractivity contribution is 1.51. The number of rotatable bonds is 10. The van der Waals surface area contributed by atoms with Crippen LogP contribution in [0.25, 0.3) is 148 Å². The van der Waals surface area contributed by atoms with Gasteiger partial charge in [-0.15, -0.1) is 0 Å². The van der Waals surface area contributed by atoms with Crippen molar-refractivity contribution in [2.75, 3.05) is 0 Å². The fourth-order valence-corrected chi connectivity index (χ4v) is 14.8. The Morgan fingerprint density at radius 2 is 0.391 bits per heavy atom. The van der Waals surface area contributed by atoms with Gasteiger partial charge in [-0.05, 0) is 248 Å². The van der Waals surface area contributed by atoms with E-state index in [0.29, 0.717) is 0 Å². The molecule has 0 bridgehead atoms. The summed E-state index contributed by atoms with van der Waals surface area (Å²) in [5.74, 6) is 0. The van der Waals surface area contributed by atoms with Crippen LogP contribution >= 0.6 is 0 Å². The minimum absolute atomic E-state index is 1.16. The molecule has 0 heteroatoms. The summed E-state index contributed by atoms with van der Waals surface area (Å²) in [7, 11) is 0. The molecular formula is C92H58. The Morgan fingerprint density at radius 1 is 0.0978 bits per heavy atom. The van der Waals surface area contributed by atoms with Crippen molar-refractivity contribution in [2.24, 2.45) is 0 Å². The summed E-state index contributed by atoms with van der Waals surface area (Å²) >= 11 is 0. The average molecular weight is 1160 g/mol. The second-order valence-corrected chi connectivity index (χ2v) is 24.7. The van der Waals surface area contributed by atoms with Crippen LogP contribution in [0.15, 0.2) is 357 Å². The highest BCUT2D eigenvalue weighted by Gasteiger charge is 2.41. The van der Waals surface area contributed by atoms with Crippen LogP contribution in [-0.4, -0.2) is 0 Å². The lowest BCUT2D eigenvalue weighted by atomic mass is 9.83. The summed E-state index contributed by atoms with van der Waals surface area (Å²) in [6, 6.07) is 132. The van der Waals surface area contributed by atoms with Gasteiger partial charge in [-0.1, -0.05) is 291 Å². The minimum atomic E-state index is 1.16. The Morgan fingerprint density at radius 3 is 0.870 bits per heavy atom. The molecule has 2 aliphatic rings. The quantitative estimate of drug-likeness (QED) is 0.120. The summed E-state index contributed by atoms with van der Waals surface area (Å²) < 4.78 is 0. The second-order valence-electron chi connectivity index (χ2n) is 24.7. The van der Waals surface area contributed by atoms with Gasteiger partial charge in [0.15, 0.2) is 0 Å². The number of hydrogen-bond acceptors (Lipinski definition) is 0. The smallest absolute Gasteiger partial charge is 0.000137 e. The van der Waals surface area contributed by atoms with Crippen LogP contribution in [0.5, 0.6) is 0 Å². The van der Waals surface area contributed by atoms with E-state index in [1.165, 1.54) is 171 Å². The highest BCUT2D eigenvalue weighted by atomic mass is 14.4. The van der Waals surface area contributed by atoms with Gasteiger partial charge in [0, 0.05) is 0 Å². The van der Waals surface area contributed by atoms with E-state index >= 15 is 0 Å². The van der Waals surface area contributed by atoms with Crippen molar-refractivity contribution in [1.82, 2.24) is 0 Å². The molecular weight excluding hydrogens is 1110 g/mol. The number of benzene rings is 16. The first kappa shape index (κ1) is 53.1. The van der Waals surface area contributed by atoms with Crippen molar-refractivity contribution in [3.05, 3.63) is 391 Å². The molecule has 0 unspecified atom stereocenters. The van der Waals surface area contributed by atoms with Crippen molar-refractivity contribution >= 4 is 81.7 Å². The maximum absolute atomic E-state index is 2.53. The van der Waals surface area contributed by atoms with E-state index in [9.17, 15) is 0 Å². The van der Waals surface area contributed by atoms with Crippen LogP contribution in [0.4, 0.5) is 0 Å². The fraction of sp³-hybridized carbons (Fsp3) is 0. The monoisotopic (exact) mass is 1160 g/mol. The van der Waals surface area contributed by atoms with Crippen molar-refractivity contribution in [2.45, 2.75) is 0 Å². The second kappa shape index (κ2) is 22.0. The fourth-order valence-electron chi connectivity index (χ4n) is 14.8. The van der Waals surface area contributed by atoms with E-state index in [1.807, 2.05) is 0 Å². The summed E-state index contributed by atoms with van der Waals surface area (Å²) in [4.78, 5) is 0. The first-order valence-corrected chi connectivity index (χ1v) is 31.9. The van der Waals surface area contributed by atoms with Gasteiger partial charge < -0.3 is 0 Å². The van der Waals surface area contributed by atoms with Crippen LogP contribution in [0.3, 0.4) is 0 Å². The van der Waals surface area contributed by atoms with Gasteiger partial charge in [-0.2, -0.15) is 0 Å². The molecule has 0 spiro atoms. The minimum Gasteiger partial charge on any atom is -0.0622 e. The molecule has 18 rings (SSSR count). The highest BCUT2D eigenvalue weighted by Crippen LogP contribution is 2.63. The van der Waals surface area contributed by atoms with Crippen LogP contribution in [0, 0.1) is 0 Å². The van der Waals surface area contributed by atoms with Gasteiger partial charge >= 0.3 is 0 Å². The van der Waals surface area contributed by atoms with Gasteiger partial charge in [0.2, 0.25) is 0 Å². The first-order chi connectivity index (χ1) is 45.6. The normalized spacial score (nSPS) is 12.9. The molecule has 16 aromatic carbocycles. The van der Waals surface area contributed by atoms with Crippen molar-refractivity contribution in [3.63, 3.8) is 0 Å². The van der Waals surface area contributed by atoms with Gasteiger partial charge in [0.25, 0.3) is 0 Å². The maximum atomic E-state index is 2.53. The largest absolute Gasteiger partial charge is 0.0622 e. The highest BCUT2D eigenvalue weighted by molar-refractivity contribution is 6.39. The first-order valence-electron chi connectivity index (χ1n) is 31.9. The van der Waals surface area contributed by atoms with Gasteiger partial charge in [0.05, 0.1) is 0 Å². The lowest BCUT2D eigenvalue weighted by Crippen LogP contribution is -1.98. The van der Waals surface area contributed by atoms with E-state index in [1.54, 1.807) is 0 Å². The molecule has 92 heavy (non-hydrogen) atoms. The third-order valence-corrected chi connectivity index (χ3v) is 19.3. The molecule has 0 amide bonds. The van der Waals surface area contributed by atoms with E-state index in [2.05, 4.69) is 352 Å². The van der Waals surface area contributed by atoms with Gasteiger partial charge in [-0.3, -0.25) is 0 Å². The molecule has 0 aromatic heterocycles. The topological polar surface area (TPSA) is 0 Å². The molecule has 426 valence electrons. The van der Waals surface area contributed by atoms with E-state index in [0.717, 1.165) is 16.7 Å². The van der Waals surface area contributed by atoms with E-state index < -0.39 is 0 Å². The molecule has 0 radical (unpaired) electrons. The molecule has 0 fully saturated rings. The Balaban J connectivity index is 0.917. The molecule has 0 saturated heterocycles.